The van der Waals surface area contributed by atoms with Crippen LogP contribution >= 0.6 is 0 Å². The molecule has 1 saturated heterocycles. The minimum atomic E-state index is -1.17. The monoisotopic (exact) mass is 270 g/mol. The molecule has 3 rings (SSSR count). The molecular formula is C11H8F2N2O4. The summed E-state index contributed by atoms with van der Waals surface area (Å²) >= 11 is 0. The first-order valence-electron chi connectivity index (χ1n) is 5.49. The largest absolute Gasteiger partial charge is 0.276 e. The molecule has 0 aliphatic carbocycles. The molecule has 0 saturated carbocycles. The van der Waals surface area contributed by atoms with Gasteiger partial charge in [-0.3, -0.25) is 19.3 Å². The van der Waals surface area contributed by atoms with Crippen LogP contribution in [0, 0.1) is 11.6 Å². The van der Waals surface area contributed by atoms with Gasteiger partial charge in [0.1, 0.15) is 0 Å². The SMILES string of the molecule is O=C1c2cc(F)c(F)cc2C(=O)N1C1CCONO1. The fraction of sp³-hybridized carbons (Fsp3) is 0.273. The van der Waals surface area contributed by atoms with E-state index < -0.39 is 29.7 Å². The Kier molecular flexibility index (Phi) is 2.77. The molecule has 1 unspecified atom stereocenters. The summed E-state index contributed by atoms with van der Waals surface area (Å²) in [4.78, 5) is 34.5. The Bertz CT molecular complexity index is 531. The van der Waals surface area contributed by atoms with Crippen LogP contribution in [-0.4, -0.2) is 29.5 Å². The van der Waals surface area contributed by atoms with Crippen LogP contribution in [-0.2, 0) is 9.68 Å². The van der Waals surface area contributed by atoms with E-state index in [1.54, 1.807) is 0 Å². The van der Waals surface area contributed by atoms with E-state index in [0.717, 1.165) is 17.0 Å². The first-order chi connectivity index (χ1) is 9.09. The van der Waals surface area contributed by atoms with Gasteiger partial charge < -0.3 is 0 Å². The summed E-state index contributed by atoms with van der Waals surface area (Å²) in [5, 5.41) is 0. The first kappa shape index (κ1) is 12.2. The molecule has 1 N–H and O–H groups in total. The Morgan fingerprint density at radius 3 is 2.21 bits per heavy atom. The molecule has 2 aliphatic rings. The van der Waals surface area contributed by atoms with E-state index in [4.69, 9.17) is 9.68 Å². The maximum atomic E-state index is 13.1. The molecule has 0 bridgehead atoms. The lowest BCUT2D eigenvalue weighted by molar-refractivity contribution is -0.259. The molecule has 0 spiro atoms. The highest BCUT2D eigenvalue weighted by Gasteiger charge is 2.42. The number of nitrogens with one attached hydrogen (secondary N) is 1. The van der Waals surface area contributed by atoms with E-state index in [2.05, 4.69) is 5.64 Å². The van der Waals surface area contributed by atoms with Gasteiger partial charge in [0, 0.05) is 6.42 Å². The second kappa shape index (κ2) is 4.34. The molecule has 2 heterocycles. The van der Waals surface area contributed by atoms with E-state index in [1.165, 1.54) is 0 Å². The molecule has 1 aromatic rings. The number of hydrogen-bond acceptors (Lipinski definition) is 5. The summed E-state index contributed by atoms with van der Waals surface area (Å²) in [5.41, 5.74) is 1.77. The summed E-state index contributed by atoms with van der Waals surface area (Å²) < 4.78 is 26.2. The van der Waals surface area contributed by atoms with Crippen molar-refractivity contribution in [3.05, 3.63) is 34.9 Å². The van der Waals surface area contributed by atoms with Gasteiger partial charge >= 0.3 is 0 Å². The predicted molar refractivity (Wildman–Crippen MR) is 55.4 cm³/mol. The molecular weight excluding hydrogens is 262 g/mol. The third-order valence-corrected chi connectivity index (χ3v) is 2.96. The van der Waals surface area contributed by atoms with Crippen molar-refractivity contribution >= 4 is 11.8 Å². The summed E-state index contributed by atoms with van der Waals surface area (Å²) in [5.74, 6) is -3.78. The number of halogens is 2. The van der Waals surface area contributed by atoms with Crippen LogP contribution in [0.25, 0.3) is 0 Å². The number of hydrogen-bond donors (Lipinski definition) is 1. The highest BCUT2D eigenvalue weighted by atomic mass is 19.2. The summed E-state index contributed by atoms with van der Waals surface area (Å²) in [7, 11) is 0. The third kappa shape index (κ3) is 1.81. The van der Waals surface area contributed by atoms with E-state index in [1.807, 2.05) is 0 Å². The van der Waals surface area contributed by atoms with Crippen LogP contribution in [0.15, 0.2) is 12.1 Å². The van der Waals surface area contributed by atoms with Crippen molar-refractivity contribution in [2.75, 3.05) is 6.61 Å². The smallest absolute Gasteiger partial charge is 0.263 e. The van der Waals surface area contributed by atoms with Crippen LogP contribution in [0.2, 0.25) is 0 Å². The molecule has 2 amide bonds. The van der Waals surface area contributed by atoms with E-state index in [9.17, 15) is 18.4 Å². The predicted octanol–water partition coefficient (Wildman–Crippen LogP) is 0.743. The van der Waals surface area contributed by atoms with E-state index >= 15 is 0 Å². The van der Waals surface area contributed by atoms with Crippen LogP contribution in [0.4, 0.5) is 8.78 Å². The standard InChI is InChI=1S/C11H8F2N2O4/c12-7-3-5-6(4-8(7)13)11(17)15(10(5)16)9-1-2-18-14-19-9/h3-4,9,14H,1-2H2. The molecule has 8 heteroatoms. The van der Waals surface area contributed by atoms with Gasteiger partial charge in [0.2, 0.25) is 0 Å². The van der Waals surface area contributed by atoms with Gasteiger partial charge in [0.05, 0.1) is 17.7 Å². The van der Waals surface area contributed by atoms with Gasteiger partial charge in [0.15, 0.2) is 17.9 Å². The summed E-state index contributed by atoms with van der Waals surface area (Å²) in [6.45, 7) is 0.237. The Morgan fingerprint density at radius 2 is 1.74 bits per heavy atom. The van der Waals surface area contributed by atoms with Crippen molar-refractivity contribution in [2.45, 2.75) is 12.6 Å². The molecule has 0 aromatic heterocycles. The number of rotatable bonds is 1. The average Bonchev–Trinajstić information content (AvgIpc) is 2.64. The molecule has 19 heavy (non-hydrogen) atoms. The lowest BCUT2D eigenvalue weighted by Crippen LogP contribution is -2.47. The lowest BCUT2D eigenvalue weighted by Gasteiger charge is -2.28. The van der Waals surface area contributed by atoms with E-state index in [0.29, 0.717) is 0 Å². The fourth-order valence-corrected chi connectivity index (χ4v) is 2.05. The van der Waals surface area contributed by atoms with Crippen molar-refractivity contribution in [3.8, 4) is 0 Å². The van der Waals surface area contributed by atoms with Gasteiger partial charge in [0.25, 0.3) is 11.8 Å². The summed E-state index contributed by atoms with van der Waals surface area (Å²) in [6, 6.07) is 1.44. The van der Waals surface area contributed by atoms with Crippen LogP contribution < -0.4 is 5.64 Å². The fourth-order valence-electron chi connectivity index (χ4n) is 2.05. The number of nitrogens with zero attached hydrogens (tertiary/aromatic N) is 1. The molecule has 0 radical (unpaired) electrons. The Hall–Kier alpha value is -1.90. The highest BCUT2D eigenvalue weighted by molar-refractivity contribution is 6.21. The van der Waals surface area contributed by atoms with Crippen LogP contribution in [0.1, 0.15) is 27.1 Å². The number of benzene rings is 1. The van der Waals surface area contributed by atoms with E-state index in [-0.39, 0.29) is 24.2 Å². The third-order valence-electron chi connectivity index (χ3n) is 2.96. The Labute approximate surface area is 105 Å². The number of fused-ring (bicyclic) bond motifs is 1. The van der Waals surface area contributed by atoms with Crippen molar-refractivity contribution in [2.24, 2.45) is 0 Å². The van der Waals surface area contributed by atoms with Crippen LogP contribution in [0.3, 0.4) is 0 Å². The first-order valence-corrected chi connectivity index (χ1v) is 5.49. The van der Waals surface area contributed by atoms with Crippen molar-refractivity contribution < 1.29 is 28.0 Å². The number of amides is 2. The van der Waals surface area contributed by atoms with Crippen molar-refractivity contribution in [3.63, 3.8) is 0 Å². The maximum Gasteiger partial charge on any atom is 0.263 e. The van der Waals surface area contributed by atoms with Gasteiger partial charge in [-0.2, -0.15) is 0 Å². The maximum absolute atomic E-state index is 13.1. The molecule has 100 valence electrons. The van der Waals surface area contributed by atoms with Gasteiger partial charge in [-0.1, -0.05) is 5.64 Å². The topological polar surface area (TPSA) is 67.9 Å². The molecule has 1 fully saturated rings. The zero-order chi connectivity index (χ0) is 13.6. The van der Waals surface area contributed by atoms with Crippen molar-refractivity contribution in [1.82, 2.24) is 10.5 Å². The number of carbonyl (C=O) groups excluding carboxylic acids is 2. The molecule has 2 aliphatic heterocycles. The second-order valence-corrected chi connectivity index (χ2v) is 4.09. The van der Waals surface area contributed by atoms with Gasteiger partial charge in [-0.25, -0.2) is 13.7 Å². The minimum Gasteiger partial charge on any atom is -0.276 e. The Balaban J connectivity index is 1.99. The lowest BCUT2D eigenvalue weighted by atomic mass is 10.1. The van der Waals surface area contributed by atoms with Gasteiger partial charge in [-0.15, -0.1) is 0 Å². The van der Waals surface area contributed by atoms with Gasteiger partial charge in [-0.05, 0) is 12.1 Å². The average molecular weight is 270 g/mol. The molecule has 6 nitrogen and oxygen atoms in total. The normalized spacial score (nSPS) is 22.8. The second-order valence-electron chi connectivity index (χ2n) is 4.09. The number of carbonyl (C=O) groups is 2. The molecule has 1 atom stereocenters. The molecule has 1 aromatic carbocycles. The summed E-state index contributed by atoms with van der Waals surface area (Å²) in [6.07, 6.45) is -0.601. The van der Waals surface area contributed by atoms with Crippen LogP contribution in [0.5, 0.6) is 0 Å². The quantitative estimate of drug-likeness (QED) is 0.762. The minimum absolute atomic E-state index is 0.168. The van der Waals surface area contributed by atoms with Crippen molar-refractivity contribution in [1.29, 1.82) is 0 Å². The zero-order valence-corrected chi connectivity index (χ0v) is 9.48. The Morgan fingerprint density at radius 1 is 1.16 bits per heavy atom. The highest BCUT2D eigenvalue weighted by Crippen LogP contribution is 2.28. The number of imide groups is 1. The zero-order valence-electron chi connectivity index (χ0n) is 9.48.